The molecule has 1 N–H and O–H groups in total. The summed E-state index contributed by atoms with van der Waals surface area (Å²) in [4.78, 5) is 16.0. The summed E-state index contributed by atoms with van der Waals surface area (Å²) in [7, 11) is 3.60. The number of benzene rings is 1. The van der Waals surface area contributed by atoms with Crippen LogP contribution in [0.4, 0.5) is 5.69 Å². The lowest BCUT2D eigenvalue weighted by Crippen LogP contribution is -2.43. The fourth-order valence-electron chi connectivity index (χ4n) is 2.43. The van der Waals surface area contributed by atoms with E-state index in [2.05, 4.69) is 34.5 Å². The Morgan fingerprint density at radius 1 is 1.21 bits per heavy atom. The molecule has 2 rings (SSSR count). The first-order valence-corrected chi connectivity index (χ1v) is 6.86. The first kappa shape index (κ1) is 13.9. The van der Waals surface area contributed by atoms with Crippen LogP contribution in [0.25, 0.3) is 0 Å². The number of hydrogen-bond acceptors (Lipinski definition) is 3. The number of amides is 1. The van der Waals surface area contributed by atoms with Gasteiger partial charge in [0, 0.05) is 46.0 Å². The van der Waals surface area contributed by atoms with Gasteiger partial charge in [-0.2, -0.15) is 0 Å². The van der Waals surface area contributed by atoms with Crippen LogP contribution in [0.5, 0.6) is 0 Å². The van der Waals surface area contributed by atoms with Crippen molar-refractivity contribution in [3.63, 3.8) is 0 Å². The molecule has 1 fully saturated rings. The van der Waals surface area contributed by atoms with E-state index in [1.165, 1.54) is 5.69 Å². The molecule has 0 spiro atoms. The molecule has 1 aliphatic heterocycles. The van der Waals surface area contributed by atoms with Crippen LogP contribution in [0.3, 0.4) is 0 Å². The highest BCUT2D eigenvalue weighted by Gasteiger charge is 2.17. The molecular weight excluding hydrogens is 238 g/mol. The van der Waals surface area contributed by atoms with Crippen LogP contribution in [0.2, 0.25) is 0 Å². The van der Waals surface area contributed by atoms with Crippen LogP contribution < -0.4 is 10.2 Å². The van der Waals surface area contributed by atoms with E-state index in [9.17, 15) is 4.79 Å². The van der Waals surface area contributed by atoms with E-state index in [0.29, 0.717) is 0 Å². The first-order chi connectivity index (χ1) is 9.09. The van der Waals surface area contributed by atoms with Crippen LogP contribution in [-0.4, -0.2) is 51.1 Å². The van der Waals surface area contributed by atoms with Gasteiger partial charge < -0.3 is 15.1 Å². The molecule has 4 heteroatoms. The van der Waals surface area contributed by atoms with Crippen LogP contribution in [-0.2, 0) is 4.79 Å². The number of hydrogen-bond donors (Lipinski definition) is 1. The zero-order chi connectivity index (χ0) is 13.8. The minimum absolute atomic E-state index is 0.0768. The summed E-state index contributed by atoms with van der Waals surface area (Å²) in [5.41, 5.74) is 2.33. The van der Waals surface area contributed by atoms with Crippen LogP contribution in [0, 0.1) is 0 Å². The molecule has 19 heavy (non-hydrogen) atoms. The molecule has 0 bridgehead atoms. The third kappa shape index (κ3) is 3.26. The first-order valence-electron chi connectivity index (χ1n) is 6.86. The van der Waals surface area contributed by atoms with Crippen LogP contribution in [0.1, 0.15) is 18.4 Å². The molecule has 1 aliphatic rings. The van der Waals surface area contributed by atoms with Gasteiger partial charge in [0.05, 0.1) is 5.92 Å². The van der Waals surface area contributed by atoms with Crippen LogP contribution >= 0.6 is 0 Å². The predicted octanol–water partition coefficient (Wildman–Crippen LogP) is 1.29. The van der Waals surface area contributed by atoms with Gasteiger partial charge in [-0.1, -0.05) is 12.1 Å². The van der Waals surface area contributed by atoms with Gasteiger partial charge in [-0.15, -0.1) is 0 Å². The van der Waals surface area contributed by atoms with E-state index in [-0.39, 0.29) is 11.8 Å². The molecule has 0 aromatic heterocycles. The highest BCUT2D eigenvalue weighted by molar-refractivity contribution is 5.83. The van der Waals surface area contributed by atoms with Gasteiger partial charge >= 0.3 is 0 Å². The Morgan fingerprint density at radius 3 is 2.32 bits per heavy atom. The molecule has 4 nitrogen and oxygen atoms in total. The Morgan fingerprint density at radius 2 is 1.79 bits per heavy atom. The molecule has 1 aromatic rings. The fourth-order valence-corrected chi connectivity index (χ4v) is 2.43. The third-order valence-electron chi connectivity index (χ3n) is 3.69. The maximum absolute atomic E-state index is 11.9. The SMILES string of the molecule is CC(C(=O)N(C)C)c1ccc(N2CCNCC2)cc1. The molecule has 1 unspecified atom stereocenters. The largest absolute Gasteiger partial charge is 0.369 e. The maximum Gasteiger partial charge on any atom is 0.229 e. The Kier molecular flexibility index (Phi) is 4.43. The lowest BCUT2D eigenvalue weighted by Gasteiger charge is -2.29. The van der Waals surface area contributed by atoms with E-state index < -0.39 is 0 Å². The van der Waals surface area contributed by atoms with Crippen molar-refractivity contribution < 1.29 is 4.79 Å². The normalized spacial score (nSPS) is 17.1. The number of carbonyl (C=O) groups excluding carboxylic acids is 1. The number of nitrogens with zero attached hydrogens (tertiary/aromatic N) is 2. The fraction of sp³-hybridized carbons (Fsp3) is 0.533. The molecule has 1 saturated heterocycles. The van der Waals surface area contributed by atoms with Gasteiger partial charge in [-0.3, -0.25) is 4.79 Å². The highest BCUT2D eigenvalue weighted by Crippen LogP contribution is 2.21. The number of anilines is 1. The number of piperazine rings is 1. The second-order valence-corrected chi connectivity index (χ2v) is 5.28. The molecule has 1 aromatic carbocycles. The van der Waals surface area contributed by atoms with Crippen molar-refractivity contribution in [2.24, 2.45) is 0 Å². The molecule has 1 atom stereocenters. The molecule has 1 heterocycles. The smallest absolute Gasteiger partial charge is 0.229 e. The standard InChI is InChI=1S/C15H23N3O/c1-12(15(19)17(2)3)13-4-6-14(7-5-13)18-10-8-16-9-11-18/h4-7,12,16H,8-11H2,1-3H3. The van der Waals surface area contributed by atoms with Crippen molar-refractivity contribution in [2.75, 3.05) is 45.2 Å². The van der Waals surface area contributed by atoms with E-state index >= 15 is 0 Å². The summed E-state index contributed by atoms with van der Waals surface area (Å²) in [6.45, 7) is 6.13. The summed E-state index contributed by atoms with van der Waals surface area (Å²) in [6.07, 6.45) is 0. The second-order valence-electron chi connectivity index (χ2n) is 5.28. The van der Waals surface area contributed by atoms with E-state index in [1.54, 1.807) is 19.0 Å². The minimum Gasteiger partial charge on any atom is -0.369 e. The Labute approximate surface area is 115 Å². The Hall–Kier alpha value is -1.55. The van der Waals surface area contributed by atoms with Crippen molar-refractivity contribution in [2.45, 2.75) is 12.8 Å². The van der Waals surface area contributed by atoms with E-state index in [1.807, 2.05) is 6.92 Å². The molecule has 1 amide bonds. The zero-order valence-corrected chi connectivity index (χ0v) is 12.0. The second kappa shape index (κ2) is 6.06. The summed E-state index contributed by atoms with van der Waals surface area (Å²) < 4.78 is 0. The number of rotatable bonds is 3. The quantitative estimate of drug-likeness (QED) is 0.890. The summed E-state index contributed by atoms with van der Waals surface area (Å²) in [6, 6.07) is 8.40. The number of nitrogens with one attached hydrogen (secondary N) is 1. The summed E-state index contributed by atoms with van der Waals surface area (Å²) in [5, 5.41) is 3.35. The molecule has 104 valence electrons. The van der Waals surface area contributed by atoms with Crippen LogP contribution in [0.15, 0.2) is 24.3 Å². The van der Waals surface area contributed by atoms with Gasteiger partial charge in [-0.05, 0) is 24.6 Å². The van der Waals surface area contributed by atoms with Crippen molar-refractivity contribution in [3.05, 3.63) is 29.8 Å². The summed E-state index contributed by atoms with van der Waals surface area (Å²) >= 11 is 0. The zero-order valence-electron chi connectivity index (χ0n) is 12.0. The van der Waals surface area contributed by atoms with E-state index in [0.717, 1.165) is 31.7 Å². The molecule has 0 aliphatic carbocycles. The Balaban J connectivity index is 2.07. The van der Waals surface area contributed by atoms with Crippen molar-refractivity contribution >= 4 is 11.6 Å². The van der Waals surface area contributed by atoms with Gasteiger partial charge in [-0.25, -0.2) is 0 Å². The van der Waals surface area contributed by atoms with Crippen molar-refractivity contribution in [1.29, 1.82) is 0 Å². The predicted molar refractivity (Wildman–Crippen MR) is 78.6 cm³/mol. The van der Waals surface area contributed by atoms with Gasteiger partial charge in [0.25, 0.3) is 0 Å². The topological polar surface area (TPSA) is 35.6 Å². The van der Waals surface area contributed by atoms with E-state index in [4.69, 9.17) is 0 Å². The van der Waals surface area contributed by atoms with Crippen molar-refractivity contribution in [3.8, 4) is 0 Å². The number of carbonyl (C=O) groups is 1. The minimum atomic E-state index is -0.0768. The lowest BCUT2D eigenvalue weighted by atomic mass is 9.99. The van der Waals surface area contributed by atoms with Crippen molar-refractivity contribution in [1.82, 2.24) is 10.2 Å². The summed E-state index contributed by atoms with van der Waals surface area (Å²) in [5.74, 6) is 0.0713. The lowest BCUT2D eigenvalue weighted by molar-refractivity contribution is -0.129. The average molecular weight is 261 g/mol. The molecule has 0 radical (unpaired) electrons. The third-order valence-corrected chi connectivity index (χ3v) is 3.69. The highest BCUT2D eigenvalue weighted by atomic mass is 16.2. The van der Waals surface area contributed by atoms with Gasteiger partial charge in [0.15, 0.2) is 0 Å². The van der Waals surface area contributed by atoms with Gasteiger partial charge in [0.2, 0.25) is 5.91 Å². The number of likely N-dealkylation sites (N-methyl/N-ethyl adjacent to an activating group) is 1. The molecular formula is C15H23N3O. The average Bonchev–Trinajstić information content (AvgIpc) is 2.46. The molecule has 0 saturated carbocycles. The Bertz CT molecular complexity index is 422. The van der Waals surface area contributed by atoms with Gasteiger partial charge in [0.1, 0.15) is 0 Å². The monoisotopic (exact) mass is 261 g/mol. The maximum atomic E-state index is 11.9.